The number of aryl methyl sites for hydroxylation is 2. The van der Waals surface area contributed by atoms with Gasteiger partial charge in [0.25, 0.3) is 0 Å². The molecular formula is C11H14N4. The van der Waals surface area contributed by atoms with Gasteiger partial charge in [-0.2, -0.15) is 5.10 Å². The van der Waals surface area contributed by atoms with Crippen molar-refractivity contribution < 1.29 is 0 Å². The molecule has 0 radical (unpaired) electrons. The number of aromatic nitrogens is 3. The smallest absolute Gasteiger partial charge is 0.124 e. The quantitative estimate of drug-likeness (QED) is 0.824. The molecule has 0 saturated carbocycles. The average Bonchev–Trinajstić information content (AvgIpc) is 2.63. The van der Waals surface area contributed by atoms with Gasteiger partial charge in [0.05, 0.1) is 6.20 Å². The minimum Gasteiger partial charge on any atom is -0.366 e. The fourth-order valence-electron chi connectivity index (χ4n) is 1.44. The van der Waals surface area contributed by atoms with Gasteiger partial charge in [-0.15, -0.1) is 0 Å². The summed E-state index contributed by atoms with van der Waals surface area (Å²) >= 11 is 0. The SMILES string of the molecule is Cc1ncccc1CNc1ccnn1C. The van der Waals surface area contributed by atoms with Crippen molar-refractivity contribution in [2.24, 2.45) is 7.05 Å². The van der Waals surface area contributed by atoms with Gasteiger partial charge < -0.3 is 5.32 Å². The van der Waals surface area contributed by atoms with Crippen molar-refractivity contribution in [3.05, 3.63) is 41.9 Å². The first kappa shape index (κ1) is 9.71. The number of anilines is 1. The molecule has 4 heteroatoms. The summed E-state index contributed by atoms with van der Waals surface area (Å²) in [5, 5.41) is 7.40. The summed E-state index contributed by atoms with van der Waals surface area (Å²) in [5.41, 5.74) is 2.27. The van der Waals surface area contributed by atoms with E-state index in [1.807, 2.05) is 37.0 Å². The minimum atomic E-state index is 0.777. The molecule has 0 aliphatic heterocycles. The molecule has 0 spiro atoms. The third-order valence-corrected chi connectivity index (χ3v) is 2.40. The van der Waals surface area contributed by atoms with E-state index in [1.165, 1.54) is 5.56 Å². The Labute approximate surface area is 89.0 Å². The molecule has 4 nitrogen and oxygen atoms in total. The summed E-state index contributed by atoms with van der Waals surface area (Å²) < 4.78 is 1.81. The maximum atomic E-state index is 4.24. The minimum absolute atomic E-state index is 0.777. The van der Waals surface area contributed by atoms with Crippen LogP contribution < -0.4 is 5.32 Å². The van der Waals surface area contributed by atoms with Crippen LogP contribution in [0.4, 0.5) is 5.82 Å². The summed E-state index contributed by atoms with van der Waals surface area (Å²) in [7, 11) is 1.92. The first-order chi connectivity index (χ1) is 7.27. The monoisotopic (exact) mass is 202 g/mol. The van der Waals surface area contributed by atoms with Crippen molar-refractivity contribution in [3.63, 3.8) is 0 Å². The second kappa shape index (κ2) is 4.13. The largest absolute Gasteiger partial charge is 0.366 e. The average molecular weight is 202 g/mol. The summed E-state index contributed by atoms with van der Waals surface area (Å²) in [5.74, 6) is 1.01. The zero-order valence-electron chi connectivity index (χ0n) is 8.94. The Bertz CT molecular complexity index is 447. The number of nitrogens with zero attached hydrogens (tertiary/aromatic N) is 3. The van der Waals surface area contributed by atoms with Gasteiger partial charge in [-0.25, -0.2) is 0 Å². The summed E-state index contributed by atoms with van der Waals surface area (Å²) in [4.78, 5) is 4.24. The van der Waals surface area contributed by atoms with Crippen LogP contribution in [0, 0.1) is 6.92 Å². The van der Waals surface area contributed by atoms with Crippen LogP contribution in [0.3, 0.4) is 0 Å². The molecule has 0 unspecified atom stereocenters. The highest BCUT2D eigenvalue weighted by atomic mass is 15.3. The molecular weight excluding hydrogens is 188 g/mol. The van der Waals surface area contributed by atoms with Crippen LogP contribution in [-0.4, -0.2) is 14.8 Å². The molecule has 0 aliphatic carbocycles. The second-order valence-electron chi connectivity index (χ2n) is 3.44. The standard InChI is InChI=1S/C11H14N4/c1-9-10(4-3-6-12-9)8-13-11-5-7-14-15(11)2/h3-7,13H,8H2,1-2H3. The van der Waals surface area contributed by atoms with Crippen molar-refractivity contribution >= 4 is 5.82 Å². The van der Waals surface area contributed by atoms with Crippen LogP contribution in [0.2, 0.25) is 0 Å². The molecule has 0 aromatic carbocycles. The van der Waals surface area contributed by atoms with Crippen LogP contribution in [0.15, 0.2) is 30.6 Å². The number of nitrogens with one attached hydrogen (secondary N) is 1. The number of pyridine rings is 1. The van der Waals surface area contributed by atoms with Crippen LogP contribution in [0.5, 0.6) is 0 Å². The molecule has 2 rings (SSSR count). The highest BCUT2D eigenvalue weighted by molar-refractivity contribution is 5.35. The van der Waals surface area contributed by atoms with Gasteiger partial charge in [0.15, 0.2) is 0 Å². The van der Waals surface area contributed by atoms with Gasteiger partial charge in [0.2, 0.25) is 0 Å². The molecule has 15 heavy (non-hydrogen) atoms. The highest BCUT2D eigenvalue weighted by Gasteiger charge is 2.00. The molecule has 0 saturated heterocycles. The first-order valence-electron chi connectivity index (χ1n) is 4.90. The fraction of sp³-hybridized carbons (Fsp3) is 0.273. The molecule has 0 amide bonds. The van der Waals surface area contributed by atoms with Crippen molar-refractivity contribution in [3.8, 4) is 0 Å². The summed E-state index contributed by atoms with van der Waals surface area (Å²) in [6.07, 6.45) is 3.58. The Kier molecular flexibility index (Phi) is 2.67. The van der Waals surface area contributed by atoms with E-state index < -0.39 is 0 Å². The van der Waals surface area contributed by atoms with Gasteiger partial charge in [-0.1, -0.05) is 6.07 Å². The van der Waals surface area contributed by atoms with E-state index in [0.29, 0.717) is 0 Å². The molecule has 0 aliphatic rings. The third kappa shape index (κ3) is 2.15. The van der Waals surface area contributed by atoms with Crippen LogP contribution in [0.1, 0.15) is 11.3 Å². The molecule has 1 N–H and O–H groups in total. The Hall–Kier alpha value is -1.84. The zero-order chi connectivity index (χ0) is 10.7. The zero-order valence-corrected chi connectivity index (χ0v) is 8.94. The topological polar surface area (TPSA) is 42.7 Å². The Morgan fingerprint density at radius 1 is 1.33 bits per heavy atom. The van der Waals surface area contributed by atoms with Crippen molar-refractivity contribution in [1.82, 2.24) is 14.8 Å². The maximum Gasteiger partial charge on any atom is 0.124 e. The lowest BCUT2D eigenvalue weighted by Crippen LogP contribution is -2.06. The first-order valence-corrected chi connectivity index (χ1v) is 4.90. The predicted molar refractivity (Wildman–Crippen MR) is 59.5 cm³/mol. The van der Waals surface area contributed by atoms with Crippen molar-refractivity contribution in [1.29, 1.82) is 0 Å². The van der Waals surface area contributed by atoms with E-state index in [-0.39, 0.29) is 0 Å². The number of hydrogen-bond donors (Lipinski definition) is 1. The lowest BCUT2D eigenvalue weighted by Gasteiger charge is -2.07. The molecule has 0 atom stereocenters. The van der Waals surface area contributed by atoms with E-state index in [2.05, 4.69) is 21.5 Å². The molecule has 78 valence electrons. The molecule has 2 aromatic heterocycles. The van der Waals surface area contributed by atoms with Gasteiger partial charge in [-0.3, -0.25) is 9.67 Å². The van der Waals surface area contributed by atoms with Crippen molar-refractivity contribution in [2.45, 2.75) is 13.5 Å². The van der Waals surface area contributed by atoms with Gasteiger partial charge in [-0.05, 0) is 18.6 Å². The normalized spacial score (nSPS) is 10.3. The van der Waals surface area contributed by atoms with Crippen LogP contribution in [0.25, 0.3) is 0 Å². The molecule has 0 fully saturated rings. The molecule has 2 aromatic rings. The van der Waals surface area contributed by atoms with Gasteiger partial charge >= 0.3 is 0 Å². The lowest BCUT2D eigenvalue weighted by atomic mass is 10.2. The van der Waals surface area contributed by atoms with Crippen LogP contribution >= 0.6 is 0 Å². The van der Waals surface area contributed by atoms with E-state index >= 15 is 0 Å². The third-order valence-electron chi connectivity index (χ3n) is 2.40. The highest BCUT2D eigenvalue weighted by Crippen LogP contribution is 2.08. The number of rotatable bonds is 3. The number of hydrogen-bond acceptors (Lipinski definition) is 3. The van der Waals surface area contributed by atoms with Gasteiger partial charge in [0.1, 0.15) is 5.82 Å². The summed E-state index contributed by atoms with van der Waals surface area (Å²) in [6, 6.07) is 5.98. The maximum absolute atomic E-state index is 4.24. The second-order valence-corrected chi connectivity index (χ2v) is 3.44. The Morgan fingerprint density at radius 2 is 2.20 bits per heavy atom. The predicted octanol–water partition coefficient (Wildman–Crippen LogP) is 1.74. The fourth-order valence-corrected chi connectivity index (χ4v) is 1.44. The Balaban J connectivity index is 2.06. The molecule has 0 bridgehead atoms. The summed E-state index contributed by atoms with van der Waals surface area (Å²) in [6.45, 7) is 2.79. The van der Waals surface area contributed by atoms with E-state index in [0.717, 1.165) is 18.1 Å². The van der Waals surface area contributed by atoms with Crippen molar-refractivity contribution in [2.75, 3.05) is 5.32 Å². The van der Waals surface area contributed by atoms with Crippen LogP contribution in [-0.2, 0) is 13.6 Å². The Morgan fingerprint density at radius 3 is 2.87 bits per heavy atom. The van der Waals surface area contributed by atoms with E-state index in [1.54, 1.807) is 6.20 Å². The van der Waals surface area contributed by atoms with Gasteiger partial charge in [0, 0.05) is 31.5 Å². The lowest BCUT2D eigenvalue weighted by molar-refractivity contribution is 0.768. The molecule has 2 heterocycles. The van der Waals surface area contributed by atoms with E-state index in [9.17, 15) is 0 Å². The van der Waals surface area contributed by atoms with E-state index in [4.69, 9.17) is 0 Å².